The van der Waals surface area contributed by atoms with E-state index >= 15 is 0 Å². The fraction of sp³-hybridized carbons (Fsp3) is 0.522. The molecule has 2 amide bonds. The van der Waals surface area contributed by atoms with Crippen molar-refractivity contribution in [1.82, 2.24) is 15.2 Å². The van der Waals surface area contributed by atoms with Crippen molar-refractivity contribution in [3.63, 3.8) is 0 Å². The van der Waals surface area contributed by atoms with Gasteiger partial charge < -0.3 is 16.0 Å². The number of nitrogens with one attached hydrogen (secondary N) is 1. The first-order chi connectivity index (χ1) is 16.3. The van der Waals surface area contributed by atoms with Gasteiger partial charge in [-0.15, -0.1) is 11.3 Å². The zero-order valence-corrected chi connectivity index (χ0v) is 20.3. The number of hydrogen-bond acceptors (Lipinski definition) is 5. The molecular weight excluding hydrogens is 491 g/mol. The Morgan fingerprint density at radius 3 is 2.37 bits per heavy atom. The highest BCUT2D eigenvalue weighted by Crippen LogP contribution is 2.66. The highest BCUT2D eigenvalue weighted by molar-refractivity contribution is 7.11. The molecule has 0 aliphatic heterocycles. The molecule has 0 radical (unpaired) electrons. The van der Waals surface area contributed by atoms with Crippen molar-refractivity contribution in [2.75, 3.05) is 20.6 Å². The minimum Gasteiger partial charge on any atom is -0.366 e. The van der Waals surface area contributed by atoms with Gasteiger partial charge in [-0.1, -0.05) is 6.07 Å². The van der Waals surface area contributed by atoms with E-state index in [0.717, 1.165) is 17.4 Å². The van der Waals surface area contributed by atoms with Crippen LogP contribution in [0.1, 0.15) is 51.0 Å². The lowest BCUT2D eigenvalue weighted by Crippen LogP contribution is -2.43. The molecule has 1 aromatic heterocycles. The predicted octanol–water partition coefficient (Wildman–Crippen LogP) is 3.93. The topological polar surface area (TPSA) is 88.3 Å². The summed E-state index contributed by atoms with van der Waals surface area (Å²) in [5.74, 6) is -5.26. The van der Waals surface area contributed by atoms with Crippen LogP contribution in [0.2, 0.25) is 0 Å². The Labute approximate surface area is 203 Å². The predicted molar refractivity (Wildman–Crippen MR) is 121 cm³/mol. The summed E-state index contributed by atoms with van der Waals surface area (Å²) in [5, 5.41) is 3.27. The molecule has 1 saturated carbocycles. The van der Waals surface area contributed by atoms with Gasteiger partial charge in [0.15, 0.2) is 11.6 Å². The van der Waals surface area contributed by atoms with Crippen LogP contribution in [-0.4, -0.2) is 54.6 Å². The lowest BCUT2D eigenvalue weighted by molar-refractivity contribution is -0.194. The third-order valence-electron chi connectivity index (χ3n) is 6.54. The van der Waals surface area contributed by atoms with E-state index in [1.165, 1.54) is 12.3 Å². The lowest BCUT2D eigenvalue weighted by atomic mass is 9.84. The molecule has 2 atom stereocenters. The van der Waals surface area contributed by atoms with E-state index in [0.29, 0.717) is 9.88 Å². The molecule has 6 nitrogen and oxygen atoms in total. The molecule has 0 unspecified atom stereocenters. The van der Waals surface area contributed by atoms with Gasteiger partial charge in [-0.3, -0.25) is 9.59 Å². The largest absolute Gasteiger partial charge is 0.395 e. The number of amides is 2. The molecule has 35 heavy (non-hydrogen) atoms. The van der Waals surface area contributed by atoms with Crippen LogP contribution in [0, 0.1) is 24.0 Å². The van der Waals surface area contributed by atoms with Gasteiger partial charge in [0.2, 0.25) is 5.91 Å². The molecule has 1 aliphatic rings. The second-order valence-corrected chi connectivity index (χ2v) is 10.3. The molecule has 0 bridgehead atoms. The number of halogens is 5. The van der Waals surface area contributed by atoms with E-state index in [2.05, 4.69) is 10.3 Å². The molecule has 3 rings (SSSR count). The van der Waals surface area contributed by atoms with Crippen LogP contribution >= 0.6 is 11.3 Å². The van der Waals surface area contributed by atoms with Crippen molar-refractivity contribution in [3.8, 4) is 0 Å². The summed E-state index contributed by atoms with van der Waals surface area (Å²) >= 11 is 1.15. The van der Waals surface area contributed by atoms with Gasteiger partial charge >= 0.3 is 6.18 Å². The smallest absolute Gasteiger partial charge is 0.366 e. The van der Waals surface area contributed by atoms with Crippen LogP contribution in [0.25, 0.3) is 0 Å². The second-order valence-electron chi connectivity index (χ2n) is 9.08. The number of rotatable bonds is 10. The Kier molecular flexibility index (Phi) is 7.85. The molecule has 3 N–H and O–H groups in total. The van der Waals surface area contributed by atoms with Crippen molar-refractivity contribution < 1.29 is 31.5 Å². The first kappa shape index (κ1) is 27.0. The zero-order chi connectivity index (χ0) is 26.1. The minimum absolute atomic E-state index is 0.00206. The van der Waals surface area contributed by atoms with Crippen LogP contribution in [-0.2, 0) is 11.2 Å². The number of nitrogens with zero attached hydrogens (tertiary/aromatic N) is 2. The Morgan fingerprint density at radius 1 is 1.23 bits per heavy atom. The van der Waals surface area contributed by atoms with Crippen LogP contribution < -0.4 is 11.1 Å². The molecule has 1 aromatic carbocycles. The summed E-state index contributed by atoms with van der Waals surface area (Å²) in [6.07, 6.45) is -3.51. The Balaban J connectivity index is 1.71. The van der Waals surface area contributed by atoms with Gasteiger partial charge in [-0.2, -0.15) is 13.2 Å². The third-order valence-corrected chi connectivity index (χ3v) is 7.57. The van der Waals surface area contributed by atoms with Gasteiger partial charge in [0.25, 0.3) is 5.91 Å². The Bertz CT molecular complexity index is 1100. The maximum atomic E-state index is 14.5. The van der Waals surface area contributed by atoms with E-state index in [-0.39, 0.29) is 37.8 Å². The molecule has 0 saturated heterocycles. The van der Waals surface area contributed by atoms with Crippen LogP contribution in [0.15, 0.2) is 18.3 Å². The Morgan fingerprint density at radius 2 is 1.89 bits per heavy atom. The SMILES string of the molecule is Cc1ncc([C@@H](CC(=O)NC[C@H](Cc2ccc(C(N)=O)c(F)c2F)N(C)C)C2(C(F)(F)F)CC2)s1. The van der Waals surface area contributed by atoms with E-state index in [9.17, 15) is 31.5 Å². The molecular formula is C23H27F5N4O2S. The normalized spacial score (nSPS) is 16.7. The molecule has 0 spiro atoms. The van der Waals surface area contributed by atoms with Gasteiger partial charge in [-0.25, -0.2) is 13.8 Å². The fourth-order valence-electron chi connectivity index (χ4n) is 4.19. The van der Waals surface area contributed by atoms with Crippen molar-refractivity contribution in [3.05, 3.63) is 51.0 Å². The molecule has 1 heterocycles. The van der Waals surface area contributed by atoms with Crippen LogP contribution in [0.3, 0.4) is 0 Å². The van der Waals surface area contributed by atoms with Gasteiger partial charge in [0.05, 0.1) is 16.0 Å². The third kappa shape index (κ3) is 5.80. The summed E-state index contributed by atoms with van der Waals surface area (Å²) < 4.78 is 70.2. The minimum atomic E-state index is -4.44. The number of alkyl halides is 3. The molecule has 12 heteroatoms. The number of aromatic nitrogens is 1. The number of carbonyl (C=O) groups excluding carboxylic acids is 2. The van der Waals surface area contributed by atoms with Gasteiger partial charge in [-0.05, 0) is 51.9 Å². The molecule has 1 fully saturated rings. The number of likely N-dealkylation sites (N-methyl/N-ethyl adjacent to an activating group) is 1. The Hall–Kier alpha value is -2.60. The monoisotopic (exact) mass is 518 g/mol. The quantitative estimate of drug-likeness (QED) is 0.467. The van der Waals surface area contributed by atoms with Crippen molar-refractivity contribution >= 4 is 23.2 Å². The molecule has 192 valence electrons. The first-order valence-electron chi connectivity index (χ1n) is 11.0. The first-order valence-corrected chi connectivity index (χ1v) is 11.8. The number of thiazole rings is 1. The van der Waals surface area contributed by atoms with Crippen LogP contribution in [0.5, 0.6) is 0 Å². The average molecular weight is 519 g/mol. The number of primary amides is 1. The fourth-order valence-corrected chi connectivity index (χ4v) is 5.19. The van der Waals surface area contributed by atoms with Gasteiger partial charge in [0.1, 0.15) is 0 Å². The van der Waals surface area contributed by atoms with Crippen molar-refractivity contribution in [1.29, 1.82) is 0 Å². The van der Waals surface area contributed by atoms with Crippen molar-refractivity contribution in [2.24, 2.45) is 11.1 Å². The lowest BCUT2D eigenvalue weighted by Gasteiger charge is -2.29. The summed E-state index contributed by atoms with van der Waals surface area (Å²) in [6, 6.07) is 1.85. The van der Waals surface area contributed by atoms with E-state index in [1.54, 1.807) is 25.9 Å². The van der Waals surface area contributed by atoms with Gasteiger partial charge in [0, 0.05) is 36.0 Å². The summed E-state index contributed by atoms with van der Waals surface area (Å²) in [7, 11) is 3.35. The number of benzene rings is 1. The number of carbonyl (C=O) groups is 2. The van der Waals surface area contributed by atoms with Crippen molar-refractivity contribution in [2.45, 2.75) is 50.7 Å². The standard InChI is InChI=1S/C23H27F5N4O2S/c1-12-30-11-17(35-12)16(22(6-7-22)23(26,27)28)9-18(33)31-10-14(32(2)3)8-13-4-5-15(21(29)34)20(25)19(13)24/h4-5,11,14,16H,6-10H2,1-3H3,(H2,29,34)(H,31,33)/t14-,16+/m0/s1. The van der Waals surface area contributed by atoms with E-state index < -0.39 is 52.6 Å². The second kappa shape index (κ2) is 10.2. The summed E-state index contributed by atoms with van der Waals surface area (Å²) in [6.45, 7) is 1.69. The average Bonchev–Trinajstić information content (AvgIpc) is 3.47. The summed E-state index contributed by atoms with van der Waals surface area (Å²) in [5.41, 5.74) is 2.51. The molecule has 2 aromatic rings. The zero-order valence-electron chi connectivity index (χ0n) is 19.5. The number of nitrogens with two attached hydrogens (primary N) is 1. The maximum absolute atomic E-state index is 14.5. The number of aryl methyl sites for hydroxylation is 1. The highest BCUT2D eigenvalue weighted by atomic mass is 32.1. The van der Waals surface area contributed by atoms with E-state index in [1.807, 2.05) is 0 Å². The van der Waals surface area contributed by atoms with E-state index in [4.69, 9.17) is 5.73 Å². The van der Waals surface area contributed by atoms with Crippen LogP contribution in [0.4, 0.5) is 22.0 Å². The summed E-state index contributed by atoms with van der Waals surface area (Å²) in [4.78, 5) is 30.1. The highest BCUT2D eigenvalue weighted by Gasteiger charge is 2.67. The molecule has 1 aliphatic carbocycles. The maximum Gasteiger partial charge on any atom is 0.395 e. The number of hydrogen-bond donors (Lipinski definition) is 2.